The molecule has 0 heterocycles. The third kappa shape index (κ3) is 6.95. The minimum absolute atomic E-state index is 0.162. The van der Waals surface area contributed by atoms with Crippen molar-refractivity contribution in [2.75, 3.05) is 35.0 Å². The van der Waals surface area contributed by atoms with Gasteiger partial charge in [-0.2, -0.15) is 25.9 Å². The highest BCUT2D eigenvalue weighted by molar-refractivity contribution is 7.92. The summed E-state index contributed by atoms with van der Waals surface area (Å²) in [5, 5.41) is 1.91. The number of amides is 1. The first-order valence-electron chi connectivity index (χ1n) is 10.7. The molecule has 0 radical (unpaired) electrons. The summed E-state index contributed by atoms with van der Waals surface area (Å²) < 4.78 is 94.0. The molecule has 0 bridgehead atoms. The minimum atomic E-state index is -4.78. The molecule has 38 heavy (non-hydrogen) atoms. The molecule has 0 spiro atoms. The summed E-state index contributed by atoms with van der Waals surface area (Å²) in [7, 11) is -5.65. The number of sulfonamides is 1. The Balaban J connectivity index is 1.75. The first kappa shape index (κ1) is 29.2. The predicted octanol–water partition coefficient (Wildman–Crippen LogP) is 4.41. The van der Waals surface area contributed by atoms with Gasteiger partial charge in [0.25, 0.3) is 10.0 Å². The second-order valence-corrected chi connectivity index (χ2v) is 12.2. The van der Waals surface area contributed by atoms with Crippen molar-refractivity contribution in [1.29, 1.82) is 0 Å². The van der Waals surface area contributed by atoms with Gasteiger partial charge in [0.15, 0.2) is 0 Å². The lowest BCUT2D eigenvalue weighted by Crippen LogP contribution is -2.44. The molecule has 0 aliphatic heterocycles. The van der Waals surface area contributed by atoms with E-state index in [-0.39, 0.29) is 22.0 Å². The van der Waals surface area contributed by atoms with Gasteiger partial charge in [-0.1, -0.05) is 29.8 Å². The molecule has 0 aliphatic rings. The van der Waals surface area contributed by atoms with Crippen LogP contribution in [0.1, 0.15) is 5.56 Å². The Morgan fingerprint density at radius 3 is 2.03 bits per heavy atom. The van der Waals surface area contributed by atoms with Crippen LogP contribution in [-0.4, -0.2) is 47.7 Å². The van der Waals surface area contributed by atoms with Crippen molar-refractivity contribution in [2.24, 2.45) is 0 Å². The average Bonchev–Trinajstić information content (AvgIpc) is 2.83. The number of nitrogens with one attached hydrogen (secondary N) is 2. The van der Waals surface area contributed by atoms with Crippen molar-refractivity contribution in [1.82, 2.24) is 4.31 Å². The lowest BCUT2D eigenvalue weighted by Gasteiger charge is -2.26. The summed E-state index contributed by atoms with van der Waals surface area (Å²) in [5.74, 6) is -0.700. The van der Waals surface area contributed by atoms with Gasteiger partial charge in [-0.05, 0) is 54.6 Å². The van der Waals surface area contributed by atoms with E-state index in [1.54, 1.807) is 18.2 Å². The number of para-hydroxylation sites is 1. The summed E-state index contributed by atoms with van der Waals surface area (Å²) in [6, 6.07) is 15.3. The van der Waals surface area contributed by atoms with Gasteiger partial charge < -0.3 is 5.32 Å². The summed E-state index contributed by atoms with van der Waals surface area (Å²) in [6.45, 7) is -0.565. The number of benzene rings is 3. The molecule has 0 aromatic heterocycles. The Kier molecular flexibility index (Phi) is 8.61. The molecule has 0 unspecified atom stereocenters. The minimum Gasteiger partial charge on any atom is -0.325 e. The van der Waals surface area contributed by atoms with E-state index < -0.39 is 49.4 Å². The number of hydrogen-bond donors (Lipinski definition) is 2. The molecule has 204 valence electrons. The zero-order valence-electron chi connectivity index (χ0n) is 19.9. The summed E-state index contributed by atoms with van der Waals surface area (Å²) in [6.07, 6.45) is -4.78. The van der Waals surface area contributed by atoms with E-state index in [0.29, 0.717) is 6.07 Å². The highest BCUT2D eigenvalue weighted by atomic mass is 35.5. The zero-order chi connectivity index (χ0) is 28.3. The third-order valence-electron chi connectivity index (χ3n) is 5.04. The highest BCUT2D eigenvalue weighted by Gasteiger charge is 2.34. The molecular formula is C23H22ClF3N4O5S2. The van der Waals surface area contributed by atoms with Crippen LogP contribution in [-0.2, 0) is 31.2 Å². The fourth-order valence-corrected chi connectivity index (χ4v) is 5.50. The Bertz CT molecular complexity index is 1520. The Labute approximate surface area is 223 Å². The average molecular weight is 591 g/mol. The van der Waals surface area contributed by atoms with Crippen LogP contribution in [0.4, 0.5) is 30.2 Å². The molecule has 1 amide bonds. The Morgan fingerprint density at radius 2 is 1.47 bits per heavy atom. The summed E-state index contributed by atoms with van der Waals surface area (Å²) in [4.78, 5) is 12.4. The molecule has 3 rings (SSSR count). The van der Waals surface area contributed by atoms with E-state index in [0.717, 1.165) is 32.9 Å². The SMILES string of the molecule is CN(C)S(=O)(=O)N(CC(=O)Nc1ccc(S(=O)(=O)Nc2ccc(Cl)c(C(F)(F)F)c2)cc1)c1ccccc1. The van der Waals surface area contributed by atoms with E-state index in [9.17, 15) is 34.8 Å². The van der Waals surface area contributed by atoms with Crippen molar-refractivity contribution >= 4 is 54.8 Å². The Hall–Kier alpha value is -3.33. The number of hydrogen-bond acceptors (Lipinski definition) is 5. The number of anilines is 3. The predicted molar refractivity (Wildman–Crippen MR) is 139 cm³/mol. The van der Waals surface area contributed by atoms with E-state index in [4.69, 9.17) is 11.6 Å². The lowest BCUT2D eigenvalue weighted by molar-refractivity contribution is -0.137. The van der Waals surface area contributed by atoms with Crippen LogP contribution in [0, 0.1) is 0 Å². The number of alkyl halides is 3. The van der Waals surface area contributed by atoms with Crippen molar-refractivity contribution in [2.45, 2.75) is 11.1 Å². The van der Waals surface area contributed by atoms with Crippen LogP contribution < -0.4 is 14.3 Å². The van der Waals surface area contributed by atoms with Gasteiger partial charge in [-0.3, -0.25) is 9.52 Å². The van der Waals surface area contributed by atoms with Crippen molar-refractivity contribution in [3.05, 3.63) is 83.4 Å². The van der Waals surface area contributed by atoms with Gasteiger partial charge >= 0.3 is 16.4 Å². The van der Waals surface area contributed by atoms with Gasteiger partial charge in [0, 0.05) is 25.5 Å². The molecule has 0 saturated heterocycles. The molecule has 0 saturated carbocycles. The fourth-order valence-electron chi connectivity index (χ4n) is 3.17. The first-order chi connectivity index (χ1) is 17.6. The smallest absolute Gasteiger partial charge is 0.325 e. The van der Waals surface area contributed by atoms with Gasteiger partial charge in [-0.25, -0.2) is 12.7 Å². The van der Waals surface area contributed by atoms with E-state index in [1.807, 2.05) is 0 Å². The topological polar surface area (TPSA) is 116 Å². The van der Waals surface area contributed by atoms with Gasteiger partial charge in [0.1, 0.15) is 6.54 Å². The first-order valence-corrected chi connectivity index (χ1v) is 13.9. The maximum Gasteiger partial charge on any atom is 0.417 e. The Morgan fingerprint density at radius 1 is 0.895 bits per heavy atom. The molecule has 3 aromatic carbocycles. The normalized spacial score (nSPS) is 12.3. The standard InChI is InChI=1S/C23H22ClF3N4O5S2/c1-30(2)38(35,36)31(18-6-4-3-5-7-18)15-22(32)28-16-8-11-19(12-9-16)37(33,34)29-17-10-13-21(24)20(14-17)23(25,26)27/h3-14,29H,15H2,1-2H3,(H,28,32). The van der Waals surface area contributed by atoms with E-state index >= 15 is 0 Å². The largest absolute Gasteiger partial charge is 0.417 e. The summed E-state index contributed by atoms with van der Waals surface area (Å²) in [5.41, 5.74) is -1.12. The number of carbonyl (C=O) groups is 1. The molecule has 15 heteroatoms. The molecule has 3 aromatic rings. The molecular weight excluding hydrogens is 569 g/mol. The zero-order valence-corrected chi connectivity index (χ0v) is 22.3. The fraction of sp³-hybridized carbons (Fsp3) is 0.174. The van der Waals surface area contributed by atoms with Crippen molar-refractivity contribution < 1.29 is 34.8 Å². The van der Waals surface area contributed by atoms with E-state index in [1.165, 1.54) is 38.4 Å². The van der Waals surface area contributed by atoms with Crippen LogP contribution in [0.2, 0.25) is 5.02 Å². The van der Waals surface area contributed by atoms with Crippen LogP contribution in [0.15, 0.2) is 77.7 Å². The number of rotatable bonds is 9. The van der Waals surface area contributed by atoms with Crippen LogP contribution in [0.3, 0.4) is 0 Å². The summed E-state index contributed by atoms with van der Waals surface area (Å²) >= 11 is 5.56. The maximum absolute atomic E-state index is 13.1. The van der Waals surface area contributed by atoms with Gasteiger partial charge in [-0.15, -0.1) is 0 Å². The number of nitrogens with zero attached hydrogens (tertiary/aromatic N) is 2. The molecule has 0 atom stereocenters. The molecule has 2 N–H and O–H groups in total. The number of halogens is 4. The lowest BCUT2D eigenvalue weighted by atomic mass is 10.2. The monoisotopic (exact) mass is 590 g/mol. The van der Waals surface area contributed by atoms with Crippen LogP contribution in [0.25, 0.3) is 0 Å². The van der Waals surface area contributed by atoms with Crippen LogP contribution >= 0.6 is 11.6 Å². The molecule has 9 nitrogen and oxygen atoms in total. The molecule has 0 fully saturated rings. The van der Waals surface area contributed by atoms with Crippen molar-refractivity contribution in [3.63, 3.8) is 0 Å². The van der Waals surface area contributed by atoms with Crippen molar-refractivity contribution in [3.8, 4) is 0 Å². The molecule has 0 aliphatic carbocycles. The second kappa shape index (κ2) is 11.2. The van der Waals surface area contributed by atoms with E-state index in [2.05, 4.69) is 10.0 Å². The van der Waals surface area contributed by atoms with Gasteiger partial charge in [0.2, 0.25) is 5.91 Å². The maximum atomic E-state index is 13.1. The number of carbonyl (C=O) groups excluding carboxylic acids is 1. The quantitative estimate of drug-likeness (QED) is 0.383. The van der Waals surface area contributed by atoms with Gasteiger partial charge in [0.05, 0.1) is 21.2 Å². The third-order valence-corrected chi connectivity index (χ3v) is 8.59. The van der Waals surface area contributed by atoms with Crippen LogP contribution in [0.5, 0.6) is 0 Å². The highest BCUT2D eigenvalue weighted by Crippen LogP contribution is 2.36. The second-order valence-electron chi connectivity index (χ2n) is 8.00.